The minimum Gasteiger partial charge on any atom is -0.481 e. The number of unbranched alkanes of at least 4 members (excludes halogenated alkanes) is 2. The highest BCUT2D eigenvalue weighted by atomic mass is 16.4. The van der Waals surface area contributed by atoms with E-state index in [-0.39, 0.29) is 17.9 Å². The van der Waals surface area contributed by atoms with E-state index in [0.717, 1.165) is 32.1 Å². The lowest BCUT2D eigenvalue weighted by Gasteiger charge is -2.33. The number of nitrogens with two attached hydrogens (primary N) is 1. The van der Waals surface area contributed by atoms with Crippen LogP contribution in [-0.2, 0) is 4.79 Å². The molecule has 0 aromatic heterocycles. The topological polar surface area (TPSA) is 63.3 Å². The summed E-state index contributed by atoms with van der Waals surface area (Å²) in [5.41, 5.74) is 5.78. The average molecular weight is 215 g/mol. The number of carboxylic acids is 1. The van der Waals surface area contributed by atoms with E-state index in [0.29, 0.717) is 0 Å². The van der Waals surface area contributed by atoms with Gasteiger partial charge in [-0.1, -0.05) is 40.0 Å². The van der Waals surface area contributed by atoms with Crippen LogP contribution in [0, 0.1) is 5.41 Å². The Hall–Kier alpha value is -0.570. The van der Waals surface area contributed by atoms with Crippen molar-refractivity contribution in [3.63, 3.8) is 0 Å². The fraction of sp³-hybridized carbons (Fsp3) is 0.917. The number of rotatable bonds is 8. The lowest BCUT2D eigenvalue weighted by molar-refractivity contribution is -0.140. The highest BCUT2D eigenvalue weighted by Gasteiger charge is 2.32. The van der Waals surface area contributed by atoms with E-state index in [1.165, 1.54) is 0 Å². The summed E-state index contributed by atoms with van der Waals surface area (Å²) in [6.45, 7) is 6.17. The average Bonchev–Trinajstić information content (AvgIpc) is 2.15. The molecular formula is C12H25NO2. The Morgan fingerprint density at radius 1 is 1.40 bits per heavy atom. The van der Waals surface area contributed by atoms with Crippen LogP contribution in [0.3, 0.4) is 0 Å². The van der Waals surface area contributed by atoms with E-state index in [1.54, 1.807) is 0 Å². The molecule has 2 atom stereocenters. The summed E-state index contributed by atoms with van der Waals surface area (Å²) < 4.78 is 0. The molecule has 0 saturated heterocycles. The summed E-state index contributed by atoms with van der Waals surface area (Å²) in [7, 11) is 0. The third-order valence-corrected chi connectivity index (χ3v) is 3.24. The zero-order valence-electron chi connectivity index (χ0n) is 10.3. The van der Waals surface area contributed by atoms with Crippen LogP contribution in [-0.4, -0.2) is 17.1 Å². The van der Waals surface area contributed by atoms with Crippen molar-refractivity contribution >= 4 is 5.97 Å². The number of carbonyl (C=O) groups is 1. The van der Waals surface area contributed by atoms with Crippen LogP contribution in [0.2, 0.25) is 0 Å². The van der Waals surface area contributed by atoms with Crippen LogP contribution in [0.1, 0.15) is 59.3 Å². The molecule has 0 fully saturated rings. The first-order chi connectivity index (χ1) is 6.96. The molecule has 0 rings (SSSR count). The van der Waals surface area contributed by atoms with E-state index in [9.17, 15) is 4.79 Å². The first-order valence-electron chi connectivity index (χ1n) is 5.93. The number of hydrogen-bond donors (Lipinski definition) is 2. The van der Waals surface area contributed by atoms with Gasteiger partial charge in [-0.3, -0.25) is 4.79 Å². The maximum Gasteiger partial charge on any atom is 0.303 e. The molecule has 0 aliphatic carbocycles. The van der Waals surface area contributed by atoms with Gasteiger partial charge in [0.25, 0.3) is 0 Å². The Balaban J connectivity index is 4.33. The van der Waals surface area contributed by atoms with Crippen LogP contribution < -0.4 is 5.73 Å². The van der Waals surface area contributed by atoms with Gasteiger partial charge in [0.05, 0.1) is 6.42 Å². The lowest BCUT2D eigenvalue weighted by Crippen LogP contribution is -2.40. The molecule has 3 N–H and O–H groups in total. The standard InChI is InChI=1S/C12H25NO2/c1-4-6-7-8-12(3,9-11(14)15)10(13)5-2/h10H,4-9,13H2,1-3H3,(H,14,15). The molecule has 0 aromatic carbocycles. The van der Waals surface area contributed by atoms with E-state index in [4.69, 9.17) is 10.8 Å². The lowest BCUT2D eigenvalue weighted by atomic mass is 9.74. The Kier molecular flexibility index (Phi) is 6.57. The summed E-state index contributed by atoms with van der Waals surface area (Å²) in [4.78, 5) is 10.8. The maximum atomic E-state index is 10.8. The monoisotopic (exact) mass is 215 g/mol. The van der Waals surface area contributed by atoms with Crippen molar-refractivity contribution in [2.45, 2.75) is 65.3 Å². The van der Waals surface area contributed by atoms with Crippen LogP contribution in [0.4, 0.5) is 0 Å². The van der Waals surface area contributed by atoms with Gasteiger partial charge in [0.15, 0.2) is 0 Å². The molecule has 0 bridgehead atoms. The molecule has 0 spiro atoms. The number of carboxylic acid groups (broad SMARTS) is 1. The van der Waals surface area contributed by atoms with Gasteiger partial charge in [-0.25, -0.2) is 0 Å². The van der Waals surface area contributed by atoms with Crippen LogP contribution >= 0.6 is 0 Å². The van der Waals surface area contributed by atoms with E-state index in [2.05, 4.69) is 6.92 Å². The molecule has 0 aliphatic rings. The summed E-state index contributed by atoms with van der Waals surface area (Å²) in [5, 5.41) is 8.89. The number of aliphatic carboxylic acids is 1. The van der Waals surface area contributed by atoms with Gasteiger partial charge < -0.3 is 10.8 Å². The minimum atomic E-state index is -0.738. The van der Waals surface area contributed by atoms with Crippen LogP contribution in [0.25, 0.3) is 0 Å². The molecule has 3 heteroatoms. The SMILES string of the molecule is CCCCCC(C)(CC(=O)O)C(N)CC. The fourth-order valence-electron chi connectivity index (χ4n) is 2.02. The molecule has 90 valence electrons. The van der Waals surface area contributed by atoms with Gasteiger partial charge in [0, 0.05) is 6.04 Å². The molecule has 3 nitrogen and oxygen atoms in total. The predicted molar refractivity (Wildman–Crippen MR) is 62.8 cm³/mol. The third kappa shape index (κ3) is 5.17. The third-order valence-electron chi connectivity index (χ3n) is 3.24. The Bertz CT molecular complexity index is 194. The van der Waals surface area contributed by atoms with Gasteiger partial charge in [-0.05, 0) is 18.3 Å². The van der Waals surface area contributed by atoms with E-state index in [1.807, 2.05) is 13.8 Å². The van der Waals surface area contributed by atoms with Crippen molar-refractivity contribution in [1.82, 2.24) is 0 Å². The van der Waals surface area contributed by atoms with Crippen molar-refractivity contribution in [2.75, 3.05) is 0 Å². The molecule has 0 heterocycles. The Morgan fingerprint density at radius 3 is 2.40 bits per heavy atom. The van der Waals surface area contributed by atoms with Gasteiger partial charge in [-0.2, -0.15) is 0 Å². The van der Waals surface area contributed by atoms with Gasteiger partial charge >= 0.3 is 5.97 Å². The largest absolute Gasteiger partial charge is 0.481 e. The van der Waals surface area contributed by atoms with Crippen molar-refractivity contribution in [3.05, 3.63) is 0 Å². The zero-order valence-corrected chi connectivity index (χ0v) is 10.3. The van der Waals surface area contributed by atoms with Crippen molar-refractivity contribution in [2.24, 2.45) is 11.1 Å². The molecule has 2 unspecified atom stereocenters. The summed E-state index contributed by atoms with van der Waals surface area (Å²) in [6.07, 6.45) is 5.34. The molecule has 0 aliphatic heterocycles. The second-order valence-electron chi connectivity index (χ2n) is 4.70. The number of hydrogen-bond acceptors (Lipinski definition) is 2. The molecule has 0 saturated carbocycles. The minimum absolute atomic E-state index is 0.00884. The molecule has 0 aromatic rings. The summed E-state index contributed by atoms with van der Waals surface area (Å²) in [5.74, 6) is -0.738. The molecule has 0 amide bonds. The molecule has 15 heavy (non-hydrogen) atoms. The Labute approximate surface area is 93.0 Å². The van der Waals surface area contributed by atoms with Crippen LogP contribution in [0.5, 0.6) is 0 Å². The second-order valence-corrected chi connectivity index (χ2v) is 4.70. The molecular weight excluding hydrogens is 190 g/mol. The van der Waals surface area contributed by atoms with Gasteiger partial charge in [0.2, 0.25) is 0 Å². The van der Waals surface area contributed by atoms with Crippen molar-refractivity contribution in [3.8, 4) is 0 Å². The van der Waals surface area contributed by atoms with E-state index < -0.39 is 5.97 Å². The van der Waals surface area contributed by atoms with Crippen LogP contribution in [0.15, 0.2) is 0 Å². The summed E-state index contributed by atoms with van der Waals surface area (Å²) in [6, 6.07) is -0.00884. The highest BCUT2D eigenvalue weighted by molar-refractivity contribution is 5.67. The quantitative estimate of drug-likeness (QED) is 0.612. The van der Waals surface area contributed by atoms with Crippen molar-refractivity contribution < 1.29 is 9.90 Å². The predicted octanol–water partition coefficient (Wildman–Crippen LogP) is 2.79. The van der Waals surface area contributed by atoms with Gasteiger partial charge in [0.1, 0.15) is 0 Å². The fourth-order valence-corrected chi connectivity index (χ4v) is 2.02. The van der Waals surface area contributed by atoms with Gasteiger partial charge in [-0.15, -0.1) is 0 Å². The second kappa shape index (κ2) is 6.83. The zero-order chi connectivity index (χ0) is 11.9. The molecule has 0 radical (unpaired) electrons. The highest BCUT2D eigenvalue weighted by Crippen LogP contribution is 2.33. The normalized spacial score (nSPS) is 17.1. The maximum absolute atomic E-state index is 10.8. The first-order valence-corrected chi connectivity index (χ1v) is 5.93. The Morgan fingerprint density at radius 2 is 2.00 bits per heavy atom. The smallest absolute Gasteiger partial charge is 0.303 e. The van der Waals surface area contributed by atoms with Crippen molar-refractivity contribution in [1.29, 1.82) is 0 Å². The van der Waals surface area contributed by atoms with E-state index >= 15 is 0 Å². The summed E-state index contributed by atoms with van der Waals surface area (Å²) >= 11 is 0. The first kappa shape index (κ1) is 14.4.